The fourth-order valence-corrected chi connectivity index (χ4v) is 2.09. The van der Waals surface area contributed by atoms with Crippen LogP contribution in [-0.4, -0.2) is 28.8 Å². The molecule has 1 aromatic rings. The third-order valence-electron chi connectivity index (χ3n) is 2.24. The molecule has 0 saturated carbocycles. The van der Waals surface area contributed by atoms with Crippen molar-refractivity contribution in [3.8, 4) is 0 Å². The van der Waals surface area contributed by atoms with E-state index < -0.39 is 0 Å². The van der Waals surface area contributed by atoms with E-state index in [0.717, 1.165) is 18.7 Å². The topological polar surface area (TPSA) is 47.0 Å². The number of hydrogen-bond donors (Lipinski definition) is 1. The minimum atomic E-state index is 0.224. The van der Waals surface area contributed by atoms with Gasteiger partial charge in [-0.05, 0) is 45.3 Å². The molecule has 1 rings (SSSR count). The first kappa shape index (κ1) is 13.5. The van der Waals surface area contributed by atoms with Gasteiger partial charge in [0.05, 0.1) is 29.3 Å². The molecule has 0 aromatic carbocycles. The molecule has 0 aliphatic rings. The Bertz CT molecular complexity index is 301. The maximum atomic E-state index is 5.67. The fraction of sp³-hybridized carbons (Fsp3) is 0.818. The quantitative estimate of drug-likeness (QED) is 0.798. The molecule has 4 nitrogen and oxygen atoms in total. The molecule has 0 bridgehead atoms. The van der Waals surface area contributed by atoms with Crippen LogP contribution in [0.5, 0.6) is 0 Å². The van der Waals surface area contributed by atoms with E-state index in [-0.39, 0.29) is 12.1 Å². The average Bonchev–Trinajstić information content (AvgIpc) is 2.65. The monoisotopic (exact) mass is 243 g/mol. The van der Waals surface area contributed by atoms with Gasteiger partial charge in [0.25, 0.3) is 0 Å². The van der Waals surface area contributed by atoms with Gasteiger partial charge in [0, 0.05) is 0 Å². The number of rotatable bonds is 7. The van der Waals surface area contributed by atoms with Gasteiger partial charge in [-0.15, -0.1) is 5.10 Å². The fourth-order valence-electron chi connectivity index (χ4n) is 1.39. The van der Waals surface area contributed by atoms with Crippen LogP contribution in [0.3, 0.4) is 0 Å². The molecule has 0 amide bonds. The maximum Gasteiger partial charge on any atom is 0.0773 e. The van der Waals surface area contributed by atoms with Crippen LogP contribution in [-0.2, 0) is 4.74 Å². The van der Waals surface area contributed by atoms with Gasteiger partial charge >= 0.3 is 0 Å². The first-order chi connectivity index (χ1) is 7.65. The van der Waals surface area contributed by atoms with Gasteiger partial charge in [-0.1, -0.05) is 11.4 Å². The van der Waals surface area contributed by atoms with Gasteiger partial charge in [0.1, 0.15) is 0 Å². The minimum Gasteiger partial charge on any atom is -0.377 e. The van der Waals surface area contributed by atoms with Crippen LogP contribution in [0.15, 0.2) is 0 Å². The van der Waals surface area contributed by atoms with Crippen LogP contribution in [0.4, 0.5) is 0 Å². The molecular weight excluding hydrogens is 222 g/mol. The number of aryl methyl sites for hydroxylation is 1. The van der Waals surface area contributed by atoms with Crippen molar-refractivity contribution < 1.29 is 4.74 Å². The van der Waals surface area contributed by atoms with Crippen molar-refractivity contribution in [2.75, 3.05) is 13.2 Å². The molecule has 0 radical (unpaired) electrons. The highest BCUT2D eigenvalue weighted by Crippen LogP contribution is 2.20. The Hall–Kier alpha value is -0.520. The highest BCUT2D eigenvalue weighted by molar-refractivity contribution is 7.05. The van der Waals surface area contributed by atoms with E-state index in [1.165, 1.54) is 16.4 Å². The van der Waals surface area contributed by atoms with Crippen LogP contribution in [0, 0.1) is 6.92 Å². The minimum absolute atomic E-state index is 0.224. The van der Waals surface area contributed by atoms with Crippen LogP contribution in [0.1, 0.15) is 43.8 Å². The lowest BCUT2D eigenvalue weighted by Crippen LogP contribution is -2.27. The predicted octanol–water partition coefficient (Wildman–Crippen LogP) is 2.31. The Morgan fingerprint density at radius 3 is 2.69 bits per heavy atom. The summed E-state index contributed by atoms with van der Waals surface area (Å²) in [6, 6.07) is 0.224. The summed E-state index contributed by atoms with van der Waals surface area (Å²) in [5.41, 5.74) is 1.01. The van der Waals surface area contributed by atoms with Crippen molar-refractivity contribution >= 4 is 11.5 Å². The first-order valence-corrected chi connectivity index (χ1v) is 6.56. The normalized spacial score (nSPS) is 13.3. The molecule has 16 heavy (non-hydrogen) atoms. The van der Waals surface area contributed by atoms with Gasteiger partial charge in [0.15, 0.2) is 0 Å². The van der Waals surface area contributed by atoms with Crippen molar-refractivity contribution in [3.63, 3.8) is 0 Å². The van der Waals surface area contributed by atoms with E-state index in [1.807, 2.05) is 6.92 Å². The van der Waals surface area contributed by atoms with E-state index in [9.17, 15) is 0 Å². The molecule has 0 fully saturated rings. The first-order valence-electron chi connectivity index (χ1n) is 5.79. The van der Waals surface area contributed by atoms with Crippen LogP contribution in [0.25, 0.3) is 0 Å². The Morgan fingerprint density at radius 1 is 1.44 bits per heavy atom. The Kier molecular flexibility index (Phi) is 5.87. The van der Waals surface area contributed by atoms with E-state index >= 15 is 0 Å². The van der Waals surface area contributed by atoms with Crippen LogP contribution in [0.2, 0.25) is 0 Å². The highest BCUT2D eigenvalue weighted by atomic mass is 32.1. The molecular formula is C11H21N3OS. The number of ether oxygens (including phenoxy) is 1. The smallest absolute Gasteiger partial charge is 0.0773 e. The average molecular weight is 243 g/mol. The van der Waals surface area contributed by atoms with Gasteiger partial charge in [-0.3, -0.25) is 0 Å². The second-order valence-electron chi connectivity index (χ2n) is 4.11. The summed E-state index contributed by atoms with van der Waals surface area (Å²) in [5, 5.41) is 7.52. The molecule has 92 valence electrons. The van der Waals surface area contributed by atoms with Crippen molar-refractivity contribution in [1.82, 2.24) is 14.9 Å². The van der Waals surface area contributed by atoms with Gasteiger partial charge < -0.3 is 10.1 Å². The summed E-state index contributed by atoms with van der Waals surface area (Å²) < 4.78 is 9.64. The number of aromatic nitrogens is 2. The second-order valence-corrected chi connectivity index (χ2v) is 4.90. The summed E-state index contributed by atoms with van der Waals surface area (Å²) in [6.07, 6.45) is 1.37. The molecule has 0 aliphatic heterocycles. The summed E-state index contributed by atoms with van der Waals surface area (Å²) in [7, 11) is 0. The molecule has 0 saturated heterocycles. The largest absolute Gasteiger partial charge is 0.377 e. The molecule has 1 unspecified atom stereocenters. The van der Waals surface area contributed by atoms with Crippen molar-refractivity contribution in [3.05, 3.63) is 10.6 Å². The molecule has 0 aliphatic carbocycles. The molecule has 1 heterocycles. The molecule has 0 spiro atoms. The standard InChI is InChI=1S/C11H21N3OS/c1-5-6-12-10(7-15-8(2)3)11-9(4)13-14-16-11/h8,10,12H,5-7H2,1-4H3. The predicted molar refractivity (Wildman–Crippen MR) is 66.8 cm³/mol. The van der Waals surface area contributed by atoms with Gasteiger partial charge in [-0.25, -0.2) is 0 Å². The zero-order valence-electron chi connectivity index (χ0n) is 10.5. The van der Waals surface area contributed by atoms with Gasteiger partial charge in [0.2, 0.25) is 0 Å². The van der Waals surface area contributed by atoms with Crippen LogP contribution < -0.4 is 5.32 Å². The molecule has 5 heteroatoms. The SMILES string of the molecule is CCCNC(COC(C)C)c1snnc1C. The Morgan fingerprint density at radius 2 is 2.19 bits per heavy atom. The van der Waals surface area contributed by atoms with Gasteiger partial charge in [-0.2, -0.15) is 0 Å². The van der Waals surface area contributed by atoms with E-state index in [1.54, 1.807) is 0 Å². The highest BCUT2D eigenvalue weighted by Gasteiger charge is 2.17. The van der Waals surface area contributed by atoms with E-state index in [2.05, 4.69) is 35.7 Å². The third-order valence-corrected chi connectivity index (χ3v) is 3.18. The van der Waals surface area contributed by atoms with Crippen molar-refractivity contribution in [2.24, 2.45) is 0 Å². The van der Waals surface area contributed by atoms with Crippen LogP contribution >= 0.6 is 11.5 Å². The number of nitrogens with zero attached hydrogens (tertiary/aromatic N) is 2. The van der Waals surface area contributed by atoms with E-state index in [4.69, 9.17) is 4.74 Å². The molecule has 1 aromatic heterocycles. The number of hydrogen-bond acceptors (Lipinski definition) is 5. The molecule has 1 atom stereocenters. The summed E-state index contributed by atoms with van der Waals surface area (Å²) in [6.45, 7) is 9.93. The van der Waals surface area contributed by atoms with Crippen molar-refractivity contribution in [1.29, 1.82) is 0 Å². The lowest BCUT2D eigenvalue weighted by molar-refractivity contribution is 0.0616. The van der Waals surface area contributed by atoms with Crippen molar-refractivity contribution in [2.45, 2.75) is 46.3 Å². The zero-order valence-corrected chi connectivity index (χ0v) is 11.3. The molecule has 1 N–H and O–H groups in total. The second kappa shape index (κ2) is 6.93. The maximum absolute atomic E-state index is 5.67. The summed E-state index contributed by atoms with van der Waals surface area (Å²) >= 11 is 1.46. The zero-order chi connectivity index (χ0) is 12.0. The Labute approximate surface area is 102 Å². The summed E-state index contributed by atoms with van der Waals surface area (Å²) in [4.78, 5) is 1.19. The lowest BCUT2D eigenvalue weighted by Gasteiger charge is -2.18. The third kappa shape index (κ3) is 4.15. The summed E-state index contributed by atoms with van der Waals surface area (Å²) in [5.74, 6) is 0. The van der Waals surface area contributed by atoms with E-state index in [0.29, 0.717) is 6.61 Å². The number of nitrogens with one attached hydrogen (secondary N) is 1. The lowest BCUT2D eigenvalue weighted by atomic mass is 10.2. The Balaban J connectivity index is 2.60.